The van der Waals surface area contributed by atoms with Gasteiger partial charge in [-0.25, -0.2) is 0 Å². The minimum atomic E-state index is 0.164. The predicted octanol–water partition coefficient (Wildman–Crippen LogP) is 4.46. The Bertz CT molecular complexity index is 543. The minimum absolute atomic E-state index is 0.164. The van der Waals surface area contributed by atoms with Crippen molar-refractivity contribution in [2.24, 2.45) is 0 Å². The van der Waals surface area contributed by atoms with Gasteiger partial charge in [0, 0.05) is 5.56 Å². The van der Waals surface area contributed by atoms with Crippen LogP contribution >= 0.6 is 0 Å². The van der Waals surface area contributed by atoms with E-state index in [-0.39, 0.29) is 12.1 Å². The highest BCUT2D eigenvalue weighted by atomic mass is 16.5. The summed E-state index contributed by atoms with van der Waals surface area (Å²) in [4.78, 5) is 0. The van der Waals surface area contributed by atoms with Crippen LogP contribution in [-0.2, 0) is 0 Å². The first kappa shape index (κ1) is 15.6. The molecule has 0 aliphatic heterocycles. The number of ether oxygens (including phenoxy) is 1. The molecule has 1 atom stereocenters. The Morgan fingerprint density at radius 2 is 1.86 bits per heavy atom. The lowest BCUT2D eigenvalue weighted by molar-refractivity contribution is 0.242. The van der Waals surface area contributed by atoms with Gasteiger partial charge in [-0.05, 0) is 57.5 Å². The van der Waals surface area contributed by atoms with E-state index in [9.17, 15) is 0 Å². The molecule has 0 fully saturated rings. The van der Waals surface area contributed by atoms with Crippen LogP contribution < -0.4 is 10.1 Å². The van der Waals surface area contributed by atoms with Crippen LogP contribution in [0.2, 0.25) is 0 Å². The molecule has 0 saturated carbocycles. The van der Waals surface area contributed by atoms with Crippen LogP contribution in [0.25, 0.3) is 0 Å². The van der Waals surface area contributed by atoms with E-state index in [1.807, 2.05) is 39.0 Å². The van der Waals surface area contributed by atoms with Crippen LogP contribution in [0.4, 0.5) is 0 Å². The van der Waals surface area contributed by atoms with Gasteiger partial charge >= 0.3 is 0 Å². The van der Waals surface area contributed by atoms with Crippen LogP contribution in [0.3, 0.4) is 0 Å². The van der Waals surface area contributed by atoms with Gasteiger partial charge in [0.2, 0.25) is 0 Å². The first-order valence-corrected chi connectivity index (χ1v) is 7.65. The summed E-state index contributed by atoms with van der Waals surface area (Å²) in [6.07, 6.45) is 3.05. The Hall–Kier alpha value is -1.74. The summed E-state index contributed by atoms with van der Waals surface area (Å²) in [6, 6.07) is 10.5. The molecule has 0 radical (unpaired) electrons. The number of aryl methyl sites for hydroxylation is 1. The maximum Gasteiger partial charge on any atom is 0.119 e. The van der Waals surface area contributed by atoms with E-state index in [2.05, 4.69) is 24.4 Å². The van der Waals surface area contributed by atoms with Crippen molar-refractivity contribution < 1.29 is 9.15 Å². The molecule has 2 rings (SSSR count). The van der Waals surface area contributed by atoms with Crippen molar-refractivity contribution in [2.45, 2.75) is 46.3 Å². The van der Waals surface area contributed by atoms with Gasteiger partial charge in [-0.2, -0.15) is 0 Å². The summed E-state index contributed by atoms with van der Waals surface area (Å²) >= 11 is 0. The second-order valence-corrected chi connectivity index (χ2v) is 5.55. The van der Waals surface area contributed by atoms with Crippen molar-refractivity contribution in [1.29, 1.82) is 0 Å². The highest BCUT2D eigenvalue weighted by Crippen LogP contribution is 2.27. The molecule has 3 nitrogen and oxygen atoms in total. The third-order valence-corrected chi connectivity index (χ3v) is 3.39. The molecular weight excluding hydrogens is 262 g/mol. The third kappa shape index (κ3) is 4.11. The van der Waals surface area contributed by atoms with Crippen LogP contribution in [0, 0.1) is 6.92 Å². The van der Waals surface area contributed by atoms with E-state index in [1.165, 1.54) is 11.1 Å². The van der Waals surface area contributed by atoms with Gasteiger partial charge in [0.15, 0.2) is 0 Å². The van der Waals surface area contributed by atoms with Crippen molar-refractivity contribution in [1.82, 2.24) is 5.32 Å². The lowest BCUT2D eigenvalue weighted by atomic mass is 9.99. The molecule has 1 aromatic carbocycles. The predicted molar refractivity (Wildman–Crippen MR) is 85.8 cm³/mol. The van der Waals surface area contributed by atoms with Crippen LogP contribution in [0.1, 0.15) is 50.1 Å². The third-order valence-electron chi connectivity index (χ3n) is 3.39. The van der Waals surface area contributed by atoms with Crippen molar-refractivity contribution in [2.75, 3.05) is 6.54 Å². The molecule has 2 aromatic rings. The number of benzene rings is 1. The van der Waals surface area contributed by atoms with Crippen molar-refractivity contribution in [3.63, 3.8) is 0 Å². The smallest absolute Gasteiger partial charge is 0.119 e. The summed E-state index contributed by atoms with van der Waals surface area (Å²) in [5, 5.41) is 3.59. The zero-order chi connectivity index (χ0) is 15.2. The maximum absolute atomic E-state index is 5.71. The normalized spacial score (nSPS) is 12.6. The molecule has 0 aliphatic rings. The lowest BCUT2D eigenvalue weighted by Gasteiger charge is -2.19. The summed E-state index contributed by atoms with van der Waals surface area (Å²) in [7, 11) is 0. The Kier molecular flexibility index (Phi) is 5.45. The number of nitrogens with one attached hydrogen (secondary N) is 1. The number of hydrogen-bond acceptors (Lipinski definition) is 3. The van der Waals surface area contributed by atoms with Gasteiger partial charge in [0.25, 0.3) is 0 Å². The molecule has 1 heterocycles. The Balaban J connectivity index is 2.22. The second kappa shape index (κ2) is 7.32. The summed E-state index contributed by atoms with van der Waals surface area (Å²) < 4.78 is 11.2. The highest BCUT2D eigenvalue weighted by molar-refractivity contribution is 5.36. The quantitative estimate of drug-likeness (QED) is 0.816. The fourth-order valence-electron chi connectivity index (χ4n) is 2.40. The zero-order valence-electron chi connectivity index (χ0n) is 13.3. The molecule has 1 N–H and O–H groups in total. The molecule has 1 unspecified atom stereocenters. The molecule has 0 bridgehead atoms. The summed E-state index contributed by atoms with van der Waals surface area (Å²) in [6.45, 7) is 9.22. The van der Waals surface area contributed by atoms with Gasteiger partial charge in [-0.1, -0.05) is 19.1 Å². The van der Waals surface area contributed by atoms with Gasteiger partial charge in [0.05, 0.1) is 18.4 Å². The summed E-state index contributed by atoms with van der Waals surface area (Å²) in [5.41, 5.74) is 2.42. The van der Waals surface area contributed by atoms with E-state index >= 15 is 0 Å². The van der Waals surface area contributed by atoms with Gasteiger partial charge in [-0.15, -0.1) is 0 Å². The van der Waals surface area contributed by atoms with Gasteiger partial charge in [0.1, 0.15) is 11.5 Å². The molecule has 0 saturated heterocycles. The Morgan fingerprint density at radius 1 is 1.14 bits per heavy atom. The standard InChI is InChI=1S/C18H25NO2/c1-5-11-19-18(17-10-12-20-14(17)4)15-6-8-16(9-7-15)21-13(2)3/h6-10,12-13,18-19H,5,11H2,1-4H3. The molecule has 3 heteroatoms. The topological polar surface area (TPSA) is 34.4 Å². The monoisotopic (exact) mass is 287 g/mol. The van der Waals surface area contributed by atoms with Crippen molar-refractivity contribution in [3.8, 4) is 5.75 Å². The Morgan fingerprint density at radius 3 is 2.38 bits per heavy atom. The first-order chi connectivity index (χ1) is 10.1. The average molecular weight is 287 g/mol. The Labute approximate surface area is 127 Å². The lowest BCUT2D eigenvalue weighted by Crippen LogP contribution is -2.23. The molecule has 114 valence electrons. The molecule has 21 heavy (non-hydrogen) atoms. The van der Waals surface area contributed by atoms with Crippen LogP contribution in [0.5, 0.6) is 5.75 Å². The largest absolute Gasteiger partial charge is 0.491 e. The molecule has 1 aromatic heterocycles. The first-order valence-electron chi connectivity index (χ1n) is 7.65. The molecule has 0 aliphatic carbocycles. The molecular formula is C18H25NO2. The van der Waals surface area contributed by atoms with E-state index in [0.717, 1.165) is 24.5 Å². The fourth-order valence-corrected chi connectivity index (χ4v) is 2.40. The number of furan rings is 1. The minimum Gasteiger partial charge on any atom is -0.491 e. The fraction of sp³-hybridized carbons (Fsp3) is 0.444. The van der Waals surface area contributed by atoms with Crippen LogP contribution in [0.15, 0.2) is 41.0 Å². The highest BCUT2D eigenvalue weighted by Gasteiger charge is 2.17. The average Bonchev–Trinajstić information content (AvgIpc) is 2.87. The van der Waals surface area contributed by atoms with Crippen molar-refractivity contribution >= 4 is 0 Å². The van der Waals surface area contributed by atoms with E-state index in [4.69, 9.17) is 9.15 Å². The van der Waals surface area contributed by atoms with Gasteiger partial charge < -0.3 is 14.5 Å². The van der Waals surface area contributed by atoms with E-state index in [1.54, 1.807) is 6.26 Å². The SMILES string of the molecule is CCCNC(c1ccc(OC(C)C)cc1)c1ccoc1C. The maximum atomic E-state index is 5.71. The molecule has 0 amide bonds. The van der Waals surface area contributed by atoms with Crippen LogP contribution in [-0.4, -0.2) is 12.6 Å². The van der Waals surface area contributed by atoms with Gasteiger partial charge in [-0.3, -0.25) is 0 Å². The zero-order valence-corrected chi connectivity index (χ0v) is 13.3. The molecule has 0 spiro atoms. The van der Waals surface area contributed by atoms with E-state index < -0.39 is 0 Å². The second-order valence-electron chi connectivity index (χ2n) is 5.55. The van der Waals surface area contributed by atoms with E-state index in [0.29, 0.717) is 0 Å². The number of hydrogen-bond donors (Lipinski definition) is 1. The van der Waals surface area contributed by atoms with Crippen molar-refractivity contribution in [3.05, 3.63) is 53.5 Å². The summed E-state index contributed by atoms with van der Waals surface area (Å²) in [5.74, 6) is 1.87. The number of rotatable bonds is 7.